The van der Waals surface area contributed by atoms with Crippen LogP contribution >= 0.6 is 0 Å². The Morgan fingerprint density at radius 3 is 2.80 bits per heavy atom. The lowest BCUT2D eigenvalue weighted by molar-refractivity contribution is 0.495. The Labute approximate surface area is 89.1 Å². The zero-order valence-corrected chi connectivity index (χ0v) is 9.36. The lowest BCUT2D eigenvalue weighted by atomic mass is 10.0. The molecule has 0 aliphatic heterocycles. The van der Waals surface area contributed by atoms with E-state index in [0.717, 1.165) is 23.4 Å². The van der Waals surface area contributed by atoms with Crippen LogP contribution in [0, 0.1) is 0 Å². The van der Waals surface area contributed by atoms with E-state index in [0.29, 0.717) is 0 Å². The first kappa shape index (κ1) is 10.1. The maximum atomic E-state index is 5.98. The number of rotatable bonds is 2. The molecule has 0 amide bonds. The van der Waals surface area contributed by atoms with Crippen molar-refractivity contribution in [2.75, 3.05) is 0 Å². The minimum absolute atomic E-state index is 0.241. The van der Waals surface area contributed by atoms with E-state index in [1.54, 1.807) is 6.20 Å². The molecule has 0 aliphatic carbocycles. The van der Waals surface area contributed by atoms with E-state index in [4.69, 9.17) is 5.73 Å². The van der Waals surface area contributed by atoms with E-state index in [-0.39, 0.29) is 5.54 Å². The fraction of sp³-hybridized carbons (Fsp3) is 0.455. The smallest absolute Gasteiger partial charge is 0.177 e. The highest BCUT2D eigenvalue weighted by atomic mass is 15.1. The fourth-order valence-electron chi connectivity index (χ4n) is 1.64. The molecule has 0 saturated heterocycles. The van der Waals surface area contributed by atoms with Crippen LogP contribution in [0.2, 0.25) is 0 Å². The molecular weight excluding hydrogens is 188 g/mol. The average molecular weight is 204 g/mol. The van der Waals surface area contributed by atoms with Gasteiger partial charge in [0.1, 0.15) is 5.82 Å². The molecule has 0 aromatic carbocycles. The van der Waals surface area contributed by atoms with Crippen molar-refractivity contribution in [3.63, 3.8) is 0 Å². The molecule has 0 spiro atoms. The number of aryl methyl sites for hydroxylation is 1. The van der Waals surface area contributed by atoms with Crippen LogP contribution in [0.4, 0.5) is 0 Å². The number of imidazole rings is 1. The van der Waals surface area contributed by atoms with Gasteiger partial charge in [-0.05, 0) is 26.0 Å². The lowest BCUT2D eigenvalue weighted by Gasteiger charge is -2.17. The van der Waals surface area contributed by atoms with Crippen molar-refractivity contribution in [2.45, 2.75) is 25.8 Å². The maximum Gasteiger partial charge on any atom is 0.177 e. The minimum atomic E-state index is -0.241. The van der Waals surface area contributed by atoms with Crippen LogP contribution in [0.5, 0.6) is 0 Å². The van der Waals surface area contributed by atoms with Crippen LogP contribution in [0.3, 0.4) is 0 Å². The van der Waals surface area contributed by atoms with Crippen LogP contribution in [-0.2, 0) is 13.5 Å². The Bertz CT molecular complexity index is 479. The van der Waals surface area contributed by atoms with Crippen LogP contribution in [0.1, 0.15) is 19.7 Å². The second-order valence-corrected chi connectivity index (χ2v) is 4.60. The topological polar surface area (TPSA) is 56.7 Å². The summed E-state index contributed by atoms with van der Waals surface area (Å²) in [7, 11) is 2.00. The first-order valence-corrected chi connectivity index (χ1v) is 5.02. The number of aromatic nitrogens is 3. The number of nitrogens with zero attached hydrogens (tertiary/aromatic N) is 3. The maximum absolute atomic E-state index is 5.98. The van der Waals surface area contributed by atoms with E-state index >= 15 is 0 Å². The zero-order valence-electron chi connectivity index (χ0n) is 9.36. The minimum Gasteiger partial charge on any atom is -0.330 e. The summed E-state index contributed by atoms with van der Waals surface area (Å²) in [6, 6.07) is 3.93. The quantitative estimate of drug-likeness (QED) is 0.801. The summed E-state index contributed by atoms with van der Waals surface area (Å²) in [4.78, 5) is 8.69. The zero-order chi connectivity index (χ0) is 11.1. The third kappa shape index (κ3) is 1.99. The molecule has 0 atom stereocenters. The molecule has 15 heavy (non-hydrogen) atoms. The highest BCUT2D eigenvalue weighted by Gasteiger charge is 2.16. The van der Waals surface area contributed by atoms with E-state index in [2.05, 4.69) is 14.5 Å². The molecule has 2 rings (SSSR count). The van der Waals surface area contributed by atoms with E-state index in [9.17, 15) is 0 Å². The summed E-state index contributed by atoms with van der Waals surface area (Å²) < 4.78 is 2.05. The summed E-state index contributed by atoms with van der Waals surface area (Å²) in [5.41, 5.74) is 7.59. The number of hydrogen-bond acceptors (Lipinski definition) is 3. The van der Waals surface area contributed by atoms with Crippen LogP contribution < -0.4 is 5.73 Å². The largest absolute Gasteiger partial charge is 0.330 e. The Morgan fingerprint density at radius 1 is 1.47 bits per heavy atom. The predicted molar refractivity (Wildman–Crippen MR) is 60.5 cm³/mol. The normalized spacial score (nSPS) is 12.3. The number of pyridine rings is 1. The molecule has 2 aromatic heterocycles. The standard InChI is InChI=1S/C11H16N4/c1-11(2,12)7-9-14-10-8(15(9)3)5-4-6-13-10/h4-6H,7,12H2,1-3H3. The first-order valence-electron chi connectivity index (χ1n) is 5.02. The average Bonchev–Trinajstić information content (AvgIpc) is 2.42. The summed E-state index contributed by atoms with van der Waals surface area (Å²) in [5.74, 6) is 0.983. The molecule has 0 fully saturated rings. The van der Waals surface area contributed by atoms with Gasteiger partial charge in [-0.1, -0.05) is 0 Å². The molecule has 0 unspecified atom stereocenters. The molecule has 0 radical (unpaired) electrons. The lowest BCUT2D eigenvalue weighted by Crippen LogP contribution is -2.35. The van der Waals surface area contributed by atoms with Crippen molar-refractivity contribution >= 4 is 11.2 Å². The van der Waals surface area contributed by atoms with Gasteiger partial charge < -0.3 is 10.3 Å². The fourth-order valence-corrected chi connectivity index (χ4v) is 1.64. The monoisotopic (exact) mass is 204 g/mol. The number of hydrogen-bond donors (Lipinski definition) is 1. The highest BCUT2D eigenvalue weighted by molar-refractivity contribution is 5.71. The molecule has 2 N–H and O–H groups in total. The van der Waals surface area contributed by atoms with Gasteiger partial charge in [0.15, 0.2) is 5.65 Å². The second kappa shape index (κ2) is 3.31. The van der Waals surface area contributed by atoms with Crippen molar-refractivity contribution < 1.29 is 0 Å². The highest BCUT2D eigenvalue weighted by Crippen LogP contribution is 2.15. The molecule has 0 saturated carbocycles. The molecule has 80 valence electrons. The van der Waals surface area contributed by atoms with E-state index in [1.165, 1.54) is 0 Å². The summed E-state index contributed by atoms with van der Waals surface area (Å²) in [6.07, 6.45) is 2.51. The Balaban J connectivity index is 2.49. The van der Waals surface area contributed by atoms with Gasteiger partial charge >= 0.3 is 0 Å². The van der Waals surface area contributed by atoms with Crippen molar-refractivity contribution in [1.29, 1.82) is 0 Å². The van der Waals surface area contributed by atoms with E-state index < -0.39 is 0 Å². The number of fused-ring (bicyclic) bond motifs is 1. The molecule has 4 nitrogen and oxygen atoms in total. The van der Waals surface area contributed by atoms with Crippen molar-refractivity contribution in [2.24, 2.45) is 12.8 Å². The van der Waals surface area contributed by atoms with Crippen LogP contribution in [0.25, 0.3) is 11.2 Å². The van der Waals surface area contributed by atoms with Gasteiger partial charge in [-0.3, -0.25) is 0 Å². The summed E-state index contributed by atoms with van der Waals surface area (Å²) in [6.45, 7) is 4.00. The van der Waals surface area contributed by atoms with E-state index in [1.807, 2.05) is 33.0 Å². The molecular formula is C11H16N4. The van der Waals surface area contributed by atoms with Crippen molar-refractivity contribution in [1.82, 2.24) is 14.5 Å². The molecule has 0 aliphatic rings. The molecule has 2 aromatic rings. The van der Waals surface area contributed by atoms with Gasteiger partial charge in [-0.2, -0.15) is 0 Å². The number of nitrogens with two attached hydrogens (primary N) is 1. The Kier molecular flexibility index (Phi) is 2.23. The second-order valence-electron chi connectivity index (χ2n) is 4.60. The van der Waals surface area contributed by atoms with Gasteiger partial charge in [0, 0.05) is 25.2 Å². The third-order valence-electron chi connectivity index (χ3n) is 2.36. The third-order valence-corrected chi connectivity index (χ3v) is 2.36. The van der Waals surface area contributed by atoms with Gasteiger partial charge in [-0.15, -0.1) is 0 Å². The molecule has 2 heterocycles. The van der Waals surface area contributed by atoms with Gasteiger partial charge in [0.25, 0.3) is 0 Å². The van der Waals surface area contributed by atoms with Crippen LogP contribution in [0.15, 0.2) is 18.3 Å². The predicted octanol–water partition coefficient (Wildman–Crippen LogP) is 1.25. The molecule has 4 heteroatoms. The van der Waals surface area contributed by atoms with Crippen LogP contribution in [-0.4, -0.2) is 20.1 Å². The van der Waals surface area contributed by atoms with Gasteiger partial charge in [0.2, 0.25) is 0 Å². The van der Waals surface area contributed by atoms with Crippen molar-refractivity contribution in [3.05, 3.63) is 24.2 Å². The van der Waals surface area contributed by atoms with Crippen molar-refractivity contribution in [3.8, 4) is 0 Å². The van der Waals surface area contributed by atoms with Gasteiger partial charge in [0.05, 0.1) is 5.52 Å². The van der Waals surface area contributed by atoms with Gasteiger partial charge in [-0.25, -0.2) is 9.97 Å². The summed E-state index contributed by atoms with van der Waals surface area (Å²) >= 11 is 0. The Hall–Kier alpha value is -1.42. The Morgan fingerprint density at radius 2 is 2.20 bits per heavy atom. The first-order chi connectivity index (χ1) is 6.97. The SMILES string of the molecule is Cn1c(CC(C)(C)N)nc2ncccc21. The summed E-state index contributed by atoms with van der Waals surface area (Å²) in [5, 5.41) is 0. The molecule has 0 bridgehead atoms.